The van der Waals surface area contributed by atoms with Crippen molar-refractivity contribution in [3.05, 3.63) is 142 Å². The molecule has 6 unspecified atom stereocenters. The summed E-state index contributed by atoms with van der Waals surface area (Å²) in [4.78, 5) is 78.8. The second-order valence-corrected chi connectivity index (χ2v) is 28.9. The first-order valence-corrected chi connectivity index (χ1v) is 34.5. The highest BCUT2D eigenvalue weighted by atomic mass is 79.9. The number of ether oxygens (including phenoxy) is 2. The SMILES string of the molecule is CC(C)/C=C/C[C@@H](C)C1CCC2/C(=C/C3C4=C(CC[C@H](OC(=O)CBr)C4)Cn4c(=O)n(-c5ccccc5)c(=O)n43)CCC[C@@]21C.CC(C)/C=C/C[C@@H](C)C1CCC2/C(=C/C3C4=C(CC[C@H](OC(=O)CBr)C4)Cn4c(=O)n(C)c(=O)n43)CCC[C@@]21C. The summed E-state index contributed by atoms with van der Waals surface area (Å²) in [7, 11) is 1.57. The number of para-hydroxylation sites is 1. The first-order chi connectivity index (χ1) is 40.7. The molecule has 16 heteroatoms. The summed E-state index contributed by atoms with van der Waals surface area (Å²) >= 11 is 6.44. The molecular weight excluding hydrogens is 1200 g/mol. The number of aromatic nitrogens is 6. The second-order valence-electron chi connectivity index (χ2n) is 27.7. The maximum Gasteiger partial charge on any atom is 0.352 e. The number of carbonyl (C=O) groups excluding carboxylic acids is 2. The van der Waals surface area contributed by atoms with E-state index in [9.17, 15) is 28.8 Å². The van der Waals surface area contributed by atoms with Gasteiger partial charge in [-0.3, -0.25) is 9.59 Å². The van der Waals surface area contributed by atoms with Gasteiger partial charge < -0.3 is 9.47 Å². The number of halogens is 2. The predicted molar refractivity (Wildman–Crippen MR) is 343 cm³/mol. The molecule has 0 saturated heterocycles. The van der Waals surface area contributed by atoms with Crippen LogP contribution in [0.5, 0.6) is 0 Å². The summed E-state index contributed by atoms with van der Waals surface area (Å²) in [6.45, 7) is 19.7. The number of rotatable bonds is 15. The highest BCUT2D eigenvalue weighted by Gasteiger charge is 2.53. The van der Waals surface area contributed by atoms with Crippen molar-refractivity contribution in [1.82, 2.24) is 27.9 Å². The maximum atomic E-state index is 14.2. The summed E-state index contributed by atoms with van der Waals surface area (Å²) in [5.74, 6) is 4.19. The zero-order valence-electron chi connectivity index (χ0n) is 52.0. The van der Waals surface area contributed by atoms with Crippen LogP contribution >= 0.6 is 31.9 Å². The van der Waals surface area contributed by atoms with Crippen molar-refractivity contribution >= 4 is 43.8 Å². The van der Waals surface area contributed by atoms with Crippen molar-refractivity contribution in [1.29, 1.82) is 0 Å². The van der Waals surface area contributed by atoms with Crippen LogP contribution in [0.1, 0.15) is 183 Å². The van der Waals surface area contributed by atoms with E-state index >= 15 is 0 Å². The summed E-state index contributed by atoms with van der Waals surface area (Å²) in [6.07, 6.45) is 31.8. The lowest BCUT2D eigenvalue weighted by molar-refractivity contribution is -0.147. The Bertz CT molecular complexity index is 3410. The Hall–Kier alpha value is -4.96. The van der Waals surface area contributed by atoms with Gasteiger partial charge in [0.05, 0.1) is 30.9 Å². The molecule has 2 aliphatic heterocycles. The minimum atomic E-state index is -0.368. The van der Waals surface area contributed by atoms with Crippen LogP contribution in [-0.2, 0) is 39.2 Å². The lowest BCUT2D eigenvalue weighted by atomic mass is 9.60. The normalized spacial score (nSPS) is 30.7. The standard InChI is InChI=1S/C37H48BrN3O4.C32H46BrN3O4/c1-24(2)10-8-11-25(3)31-17-18-32-26(12-9-19-37(31,32)4)20-33-30-21-29(45-34(42)22-38)16-15-27(30)23-39-35(43)40(36(44)41(33)39)28-13-6-5-7-14-28;1-20(2)8-6-9-21(3)26-13-14-27-22(10-7-15-32(26,27)4)16-28-25-17-24(40-29(37)18-33)12-11-23(25)19-35-30(38)34(5)31(39)36(28)35/h5-8,10,13-14,20,24-25,29,31-33H,9,11-12,15-19,21-23H2,1-4H3;6,8,16,20-21,24,26-28H,7,9-15,17-19H2,1-5H3/b10-8+,26-20+;8-6+,22-16+/t25-,29+,31?,32?,33?,37-;21-,24+,26?,27?,28?,32-/m11/s1. The van der Waals surface area contributed by atoms with Crippen molar-refractivity contribution in [2.75, 3.05) is 10.7 Å². The Morgan fingerprint density at radius 1 is 0.600 bits per heavy atom. The molecule has 4 heterocycles. The van der Waals surface area contributed by atoms with Crippen molar-refractivity contribution in [3.8, 4) is 5.69 Å². The first-order valence-electron chi connectivity index (χ1n) is 32.2. The van der Waals surface area contributed by atoms with Crippen LogP contribution in [-0.4, -0.2) is 62.7 Å². The fourth-order valence-electron chi connectivity index (χ4n) is 17.6. The Morgan fingerprint density at radius 2 is 1.05 bits per heavy atom. The van der Waals surface area contributed by atoms with E-state index in [2.05, 4.69) is 124 Å². The van der Waals surface area contributed by atoms with Gasteiger partial charge in [0.15, 0.2) is 0 Å². The predicted octanol–water partition coefficient (Wildman–Crippen LogP) is 13.6. The van der Waals surface area contributed by atoms with Crippen LogP contribution in [0, 0.1) is 58.2 Å². The average molecular weight is 1300 g/mol. The van der Waals surface area contributed by atoms with E-state index in [0.29, 0.717) is 79.0 Å². The van der Waals surface area contributed by atoms with E-state index in [4.69, 9.17) is 9.47 Å². The number of esters is 2. The molecule has 6 aliphatic carbocycles. The largest absolute Gasteiger partial charge is 0.461 e. The molecule has 4 fully saturated rings. The van der Waals surface area contributed by atoms with Gasteiger partial charge in [0.1, 0.15) is 22.9 Å². The van der Waals surface area contributed by atoms with Crippen LogP contribution in [0.25, 0.3) is 5.69 Å². The molecule has 2 aromatic heterocycles. The topological polar surface area (TPSA) is 150 Å². The van der Waals surface area contributed by atoms with Gasteiger partial charge in [-0.25, -0.2) is 47.0 Å². The molecule has 14 nitrogen and oxygen atoms in total. The molecule has 0 radical (unpaired) electrons. The van der Waals surface area contributed by atoms with E-state index in [1.807, 2.05) is 30.3 Å². The van der Waals surface area contributed by atoms with Gasteiger partial charge in [-0.2, -0.15) is 0 Å². The number of hydrogen-bond donors (Lipinski definition) is 0. The van der Waals surface area contributed by atoms with Crippen LogP contribution in [0.15, 0.2) is 119 Å². The summed E-state index contributed by atoms with van der Waals surface area (Å²) in [6, 6.07) is 8.55. The van der Waals surface area contributed by atoms with E-state index in [-0.39, 0.29) is 80.5 Å². The minimum Gasteiger partial charge on any atom is -0.461 e. The lowest BCUT2D eigenvalue weighted by Crippen LogP contribution is -2.40. The maximum absolute atomic E-state index is 14.2. The summed E-state index contributed by atoms with van der Waals surface area (Å²) < 4.78 is 20.8. The number of allylic oxidation sites excluding steroid dienone is 10. The van der Waals surface area contributed by atoms with E-state index in [1.165, 1.54) is 70.0 Å². The molecule has 11 rings (SSSR count). The molecule has 4 saturated carbocycles. The van der Waals surface area contributed by atoms with E-state index in [0.717, 1.165) is 75.4 Å². The highest BCUT2D eigenvalue weighted by Crippen LogP contribution is 2.62. The smallest absolute Gasteiger partial charge is 0.352 e. The molecule has 0 N–H and O–H groups in total. The van der Waals surface area contributed by atoms with Crippen molar-refractivity contribution in [3.63, 3.8) is 0 Å². The molecule has 0 bridgehead atoms. The van der Waals surface area contributed by atoms with Gasteiger partial charge in [0.25, 0.3) is 0 Å². The fraction of sp³-hybridized carbons (Fsp3) is 0.652. The molecule has 0 amide bonds. The fourth-order valence-corrected chi connectivity index (χ4v) is 17.9. The number of alkyl halides is 2. The third-order valence-corrected chi connectivity index (χ3v) is 22.6. The first kappa shape index (κ1) is 63.1. The van der Waals surface area contributed by atoms with Crippen molar-refractivity contribution in [2.24, 2.45) is 65.2 Å². The molecule has 12 atom stereocenters. The lowest BCUT2D eigenvalue weighted by Gasteiger charge is -2.45. The van der Waals surface area contributed by atoms with Crippen LogP contribution in [0.3, 0.4) is 0 Å². The number of carbonyl (C=O) groups is 2. The van der Waals surface area contributed by atoms with Crippen molar-refractivity contribution in [2.45, 2.75) is 208 Å². The number of nitrogens with zero attached hydrogens (tertiary/aromatic N) is 6. The van der Waals surface area contributed by atoms with Crippen LogP contribution in [0.4, 0.5) is 0 Å². The van der Waals surface area contributed by atoms with Gasteiger partial charge in [-0.05, 0) is 195 Å². The van der Waals surface area contributed by atoms with E-state index < -0.39 is 0 Å². The van der Waals surface area contributed by atoms with Gasteiger partial charge in [-0.15, -0.1) is 0 Å². The van der Waals surface area contributed by atoms with Gasteiger partial charge in [0.2, 0.25) is 0 Å². The highest BCUT2D eigenvalue weighted by molar-refractivity contribution is 9.09. The number of hydrogen-bond acceptors (Lipinski definition) is 8. The quantitative estimate of drug-likeness (QED) is 0.0829. The third-order valence-electron chi connectivity index (χ3n) is 21.7. The van der Waals surface area contributed by atoms with Gasteiger partial charge in [0, 0.05) is 19.9 Å². The van der Waals surface area contributed by atoms with Crippen LogP contribution < -0.4 is 22.8 Å². The Kier molecular flexibility index (Phi) is 19.6. The molecule has 1 aromatic carbocycles. The molecular formula is C69H94Br2N6O8. The average Bonchev–Trinajstić information content (AvgIpc) is 1.74. The Balaban J connectivity index is 0.000000190. The second kappa shape index (κ2) is 26.4. The van der Waals surface area contributed by atoms with E-state index in [1.54, 1.807) is 25.8 Å². The monoisotopic (exact) mass is 1290 g/mol. The number of benzene rings is 1. The minimum absolute atomic E-state index is 0.162. The zero-order valence-corrected chi connectivity index (χ0v) is 55.2. The molecule has 3 aromatic rings. The number of fused-ring (bicyclic) bond motifs is 4. The summed E-state index contributed by atoms with van der Waals surface area (Å²) in [5.41, 5.74) is 7.52. The van der Waals surface area contributed by atoms with Crippen molar-refractivity contribution < 1.29 is 19.1 Å². The third kappa shape index (κ3) is 12.6. The van der Waals surface area contributed by atoms with Gasteiger partial charge in [-0.1, -0.05) is 153 Å². The molecule has 462 valence electrons. The Labute approximate surface area is 519 Å². The molecule has 85 heavy (non-hydrogen) atoms. The summed E-state index contributed by atoms with van der Waals surface area (Å²) in [5, 5.41) is 0.336. The zero-order chi connectivity index (χ0) is 60.6. The van der Waals surface area contributed by atoms with Gasteiger partial charge >= 0.3 is 34.7 Å². The molecule has 8 aliphatic rings. The molecule has 0 spiro atoms. The Morgan fingerprint density at radius 3 is 1.49 bits per heavy atom. The van der Waals surface area contributed by atoms with Crippen LogP contribution in [0.2, 0.25) is 0 Å².